The highest BCUT2D eigenvalue weighted by atomic mass is 19.2. The van der Waals surface area contributed by atoms with Gasteiger partial charge in [-0.15, -0.1) is 5.10 Å². The first-order valence-electron chi connectivity index (χ1n) is 11.0. The summed E-state index contributed by atoms with van der Waals surface area (Å²) in [5.41, 5.74) is 2.37. The molecular formula is C25H21F4N5O. The van der Waals surface area contributed by atoms with Crippen LogP contribution in [0.15, 0.2) is 42.9 Å². The fourth-order valence-corrected chi connectivity index (χ4v) is 4.31. The molecule has 2 aromatic carbocycles. The summed E-state index contributed by atoms with van der Waals surface area (Å²) in [6.45, 7) is 2.37. The highest BCUT2D eigenvalue weighted by molar-refractivity contribution is 5.75. The molecule has 0 aliphatic carbocycles. The molecule has 6 nitrogen and oxygen atoms in total. The van der Waals surface area contributed by atoms with Gasteiger partial charge in [-0.1, -0.05) is 6.07 Å². The van der Waals surface area contributed by atoms with Gasteiger partial charge in [-0.3, -0.25) is 0 Å². The number of fused-ring (bicyclic) bond motifs is 1. The van der Waals surface area contributed by atoms with Crippen molar-refractivity contribution in [1.82, 2.24) is 24.3 Å². The van der Waals surface area contributed by atoms with Crippen molar-refractivity contribution in [1.29, 1.82) is 0 Å². The summed E-state index contributed by atoms with van der Waals surface area (Å²) in [4.78, 5) is 8.53. The number of aromatic nitrogens is 5. The molecule has 1 atom stereocenters. The maximum atomic E-state index is 15.2. The molecule has 1 aliphatic rings. The Hall–Kier alpha value is -3.95. The minimum Gasteiger partial charge on any atom is -0.495 e. The normalized spacial score (nSPS) is 15.8. The van der Waals surface area contributed by atoms with Crippen LogP contribution in [0.3, 0.4) is 0 Å². The smallest absolute Gasteiger partial charge is 0.210 e. The average Bonchev–Trinajstić information content (AvgIpc) is 3.48. The van der Waals surface area contributed by atoms with Crippen molar-refractivity contribution in [2.45, 2.75) is 32.2 Å². The van der Waals surface area contributed by atoms with Crippen LogP contribution in [0.1, 0.15) is 47.2 Å². The number of imidazole rings is 1. The minimum absolute atomic E-state index is 0.136. The summed E-state index contributed by atoms with van der Waals surface area (Å²) in [6, 6.07) is 7.12. The summed E-state index contributed by atoms with van der Waals surface area (Å²) in [7, 11) is 1.53. The van der Waals surface area contributed by atoms with Gasteiger partial charge in [0.2, 0.25) is 5.82 Å². The number of rotatable bonds is 5. The van der Waals surface area contributed by atoms with Crippen LogP contribution in [0.25, 0.3) is 17.6 Å². The Morgan fingerprint density at radius 3 is 2.60 bits per heavy atom. The van der Waals surface area contributed by atoms with Gasteiger partial charge in [-0.2, -0.15) is 0 Å². The van der Waals surface area contributed by atoms with E-state index in [1.807, 2.05) is 17.7 Å². The number of nitrogens with zero attached hydrogens (tertiary/aromatic N) is 5. The molecule has 5 rings (SSSR count). The lowest BCUT2D eigenvalue weighted by Crippen LogP contribution is -2.18. The zero-order valence-electron chi connectivity index (χ0n) is 19.0. The highest BCUT2D eigenvalue weighted by Crippen LogP contribution is 2.35. The van der Waals surface area contributed by atoms with Crippen LogP contribution in [-0.2, 0) is 6.54 Å². The van der Waals surface area contributed by atoms with Crippen LogP contribution in [0.5, 0.6) is 5.75 Å². The number of benzene rings is 2. The molecular weight excluding hydrogens is 462 g/mol. The van der Waals surface area contributed by atoms with E-state index >= 15 is 4.39 Å². The minimum atomic E-state index is -1.52. The van der Waals surface area contributed by atoms with Gasteiger partial charge in [0.1, 0.15) is 11.6 Å². The predicted octanol–water partition coefficient (Wildman–Crippen LogP) is 5.59. The SMILES string of the molecule is COc1cc(/C=C(\F)c2nc3n(n2)CCC[C@H]3c2cc(F)c(F)c(F)c2)ccc1-n1cnc(C)c1. The third-order valence-corrected chi connectivity index (χ3v) is 5.98. The first-order chi connectivity index (χ1) is 16.8. The van der Waals surface area contributed by atoms with Crippen molar-refractivity contribution < 1.29 is 22.3 Å². The van der Waals surface area contributed by atoms with E-state index in [-0.39, 0.29) is 11.4 Å². The monoisotopic (exact) mass is 483 g/mol. The van der Waals surface area contributed by atoms with Crippen molar-refractivity contribution >= 4 is 11.9 Å². The molecule has 0 amide bonds. The lowest BCUT2D eigenvalue weighted by Gasteiger charge is -2.22. The van der Waals surface area contributed by atoms with Gasteiger partial charge in [-0.05, 0) is 61.2 Å². The van der Waals surface area contributed by atoms with Gasteiger partial charge in [-0.25, -0.2) is 32.2 Å². The molecule has 0 radical (unpaired) electrons. The van der Waals surface area contributed by atoms with Gasteiger partial charge in [0.05, 0.1) is 24.8 Å². The van der Waals surface area contributed by atoms with E-state index in [2.05, 4.69) is 15.1 Å². The van der Waals surface area contributed by atoms with Gasteiger partial charge < -0.3 is 9.30 Å². The molecule has 0 fully saturated rings. The Bertz CT molecular complexity index is 1420. The highest BCUT2D eigenvalue weighted by Gasteiger charge is 2.28. The largest absolute Gasteiger partial charge is 0.495 e. The molecule has 2 aromatic heterocycles. The van der Waals surface area contributed by atoms with Gasteiger partial charge in [0.15, 0.2) is 23.3 Å². The molecule has 35 heavy (non-hydrogen) atoms. The fraction of sp³-hybridized carbons (Fsp3) is 0.240. The molecule has 3 heterocycles. The van der Waals surface area contributed by atoms with Crippen LogP contribution in [0.2, 0.25) is 0 Å². The lowest BCUT2D eigenvalue weighted by atomic mass is 9.91. The second-order valence-electron chi connectivity index (χ2n) is 8.36. The molecule has 10 heteroatoms. The van der Waals surface area contributed by atoms with E-state index in [9.17, 15) is 13.2 Å². The first-order valence-corrected chi connectivity index (χ1v) is 11.0. The van der Waals surface area contributed by atoms with Crippen LogP contribution in [0, 0.1) is 24.4 Å². The van der Waals surface area contributed by atoms with Crippen LogP contribution < -0.4 is 4.74 Å². The van der Waals surface area contributed by atoms with Crippen molar-refractivity contribution in [2.75, 3.05) is 7.11 Å². The molecule has 1 aliphatic heterocycles. The Morgan fingerprint density at radius 2 is 1.91 bits per heavy atom. The summed E-state index contributed by atoms with van der Waals surface area (Å²) >= 11 is 0. The summed E-state index contributed by atoms with van der Waals surface area (Å²) in [6.07, 6.45) is 5.99. The Kier molecular flexibility index (Phi) is 5.88. The Labute approximate surface area is 198 Å². The van der Waals surface area contributed by atoms with Crippen LogP contribution >= 0.6 is 0 Å². The second-order valence-corrected chi connectivity index (χ2v) is 8.36. The van der Waals surface area contributed by atoms with E-state index in [0.29, 0.717) is 36.5 Å². The van der Waals surface area contributed by atoms with Crippen molar-refractivity contribution in [3.05, 3.63) is 88.8 Å². The maximum absolute atomic E-state index is 15.2. The molecule has 0 spiro atoms. The zero-order valence-corrected chi connectivity index (χ0v) is 19.0. The van der Waals surface area contributed by atoms with E-state index in [0.717, 1.165) is 23.5 Å². The third kappa shape index (κ3) is 4.31. The van der Waals surface area contributed by atoms with Gasteiger partial charge in [0.25, 0.3) is 0 Å². The van der Waals surface area contributed by atoms with E-state index in [1.165, 1.54) is 17.9 Å². The third-order valence-electron chi connectivity index (χ3n) is 5.98. The molecule has 0 unspecified atom stereocenters. The van der Waals surface area contributed by atoms with Crippen molar-refractivity contribution in [2.24, 2.45) is 0 Å². The molecule has 0 bridgehead atoms. The first kappa shape index (κ1) is 22.8. The Morgan fingerprint density at radius 1 is 1.14 bits per heavy atom. The molecule has 4 aromatic rings. The lowest BCUT2D eigenvalue weighted by molar-refractivity contribution is 0.413. The topological polar surface area (TPSA) is 57.8 Å². The number of methoxy groups -OCH3 is 1. The van der Waals surface area contributed by atoms with Crippen molar-refractivity contribution in [3.63, 3.8) is 0 Å². The quantitative estimate of drug-likeness (QED) is 0.274. The number of halogens is 4. The second kappa shape index (κ2) is 9.01. The van der Waals surface area contributed by atoms with Gasteiger partial charge >= 0.3 is 0 Å². The number of ether oxygens (including phenoxy) is 1. The standard InChI is InChI=1S/C25H21F4N5O/c1-14-12-33(13-30-14)21-6-5-15(9-22(21)35-2)8-20(28)24-31-25-17(4-3-7-34(25)32-24)16-10-18(26)23(29)19(27)11-16/h5-6,8-13,17H,3-4,7H2,1-2H3/b20-8-/t17-/m0/s1. The van der Waals surface area contributed by atoms with E-state index in [1.54, 1.807) is 24.5 Å². The zero-order chi connectivity index (χ0) is 24.7. The average molecular weight is 483 g/mol. The molecule has 180 valence electrons. The predicted molar refractivity (Wildman–Crippen MR) is 121 cm³/mol. The summed E-state index contributed by atoms with van der Waals surface area (Å²) in [5.74, 6) is -4.49. The molecule has 0 N–H and O–H groups in total. The number of hydrogen-bond acceptors (Lipinski definition) is 4. The van der Waals surface area contributed by atoms with Gasteiger partial charge in [0, 0.05) is 18.7 Å². The van der Waals surface area contributed by atoms with E-state index < -0.39 is 29.2 Å². The summed E-state index contributed by atoms with van der Waals surface area (Å²) in [5, 5.41) is 4.25. The fourth-order valence-electron chi connectivity index (χ4n) is 4.31. The van der Waals surface area contributed by atoms with E-state index in [4.69, 9.17) is 4.74 Å². The maximum Gasteiger partial charge on any atom is 0.210 e. The number of aryl methyl sites for hydroxylation is 2. The molecule has 0 saturated heterocycles. The van der Waals surface area contributed by atoms with Crippen LogP contribution in [0.4, 0.5) is 17.6 Å². The van der Waals surface area contributed by atoms with Crippen molar-refractivity contribution in [3.8, 4) is 11.4 Å². The Balaban J connectivity index is 1.46. The number of hydrogen-bond donors (Lipinski definition) is 0. The summed E-state index contributed by atoms with van der Waals surface area (Å²) < 4.78 is 65.0. The van der Waals surface area contributed by atoms with Crippen LogP contribution in [-0.4, -0.2) is 31.4 Å². The molecule has 0 saturated carbocycles.